The average molecular weight is 243 g/mol. The van der Waals surface area contributed by atoms with E-state index in [1.54, 1.807) is 6.92 Å². The summed E-state index contributed by atoms with van der Waals surface area (Å²) in [4.78, 5) is 4.81. The molecule has 0 saturated heterocycles. The predicted molar refractivity (Wildman–Crippen MR) is 50.0 cm³/mol. The Kier molecular flexibility index (Phi) is 3.84. The number of rotatable bonds is 4. The Bertz CT molecular complexity index is 313. The lowest BCUT2D eigenvalue weighted by Crippen LogP contribution is -2.34. The molecule has 0 aliphatic heterocycles. The van der Waals surface area contributed by atoms with Gasteiger partial charge in [0.25, 0.3) is 6.01 Å². The van der Waals surface area contributed by atoms with Crippen LogP contribution in [0, 0.1) is 0 Å². The minimum atomic E-state index is -4.27. The maximum atomic E-state index is 12.1. The van der Waals surface area contributed by atoms with Crippen LogP contribution >= 0.6 is 11.6 Å². The maximum absolute atomic E-state index is 12.1. The van der Waals surface area contributed by atoms with Crippen LogP contribution in [0.5, 0.6) is 0 Å². The molecule has 0 amide bonds. The van der Waals surface area contributed by atoms with Gasteiger partial charge in [-0.1, -0.05) is 0 Å². The van der Waals surface area contributed by atoms with Gasteiger partial charge in [0.05, 0.1) is 11.6 Å². The second-order valence-electron chi connectivity index (χ2n) is 2.88. The van der Waals surface area contributed by atoms with Gasteiger partial charge < -0.3 is 9.32 Å². The number of aromatic nitrogens is 1. The van der Waals surface area contributed by atoms with E-state index in [-0.39, 0.29) is 18.4 Å². The number of nitrogens with zero attached hydrogens (tertiary/aromatic N) is 2. The van der Waals surface area contributed by atoms with Gasteiger partial charge in [-0.3, -0.25) is 0 Å². The molecule has 0 fully saturated rings. The highest BCUT2D eigenvalue weighted by molar-refractivity contribution is 6.16. The van der Waals surface area contributed by atoms with Crippen molar-refractivity contribution in [2.75, 3.05) is 18.0 Å². The molecule has 0 spiro atoms. The topological polar surface area (TPSA) is 29.3 Å². The van der Waals surface area contributed by atoms with E-state index in [2.05, 4.69) is 4.98 Å². The maximum Gasteiger partial charge on any atom is 0.406 e. The molecular formula is C8H10ClF3N2O. The van der Waals surface area contributed by atoms with E-state index in [1.807, 2.05) is 0 Å². The summed E-state index contributed by atoms with van der Waals surface area (Å²) in [6.07, 6.45) is -3.02. The van der Waals surface area contributed by atoms with Crippen LogP contribution in [-0.4, -0.2) is 24.2 Å². The van der Waals surface area contributed by atoms with Gasteiger partial charge in [0, 0.05) is 6.54 Å². The van der Waals surface area contributed by atoms with E-state index in [0.717, 1.165) is 4.90 Å². The lowest BCUT2D eigenvalue weighted by Gasteiger charge is -2.19. The molecule has 86 valence electrons. The van der Waals surface area contributed by atoms with Crippen LogP contribution < -0.4 is 4.90 Å². The Morgan fingerprint density at radius 3 is 2.60 bits per heavy atom. The minimum absolute atomic E-state index is 0.0505. The number of hydrogen-bond acceptors (Lipinski definition) is 3. The van der Waals surface area contributed by atoms with E-state index in [9.17, 15) is 13.2 Å². The molecule has 0 bridgehead atoms. The zero-order valence-electron chi connectivity index (χ0n) is 8.01. The van der Waals surface area contributed by atoms with Crippen molar-refractivity contribution in [1.29, 1.82) is 0 Å². The van der Waals surface area contributed by atoms with Crippen molar-refractivity contribution in [1.82, 2.24) is 4.98 Å². The predicted octanol–water partition coefficient (Wildman–Crippen LogP) is 2.80. The first-order valence-electron chi connectivity index (χ1n) is 4.28. The van der Waals surface area contributed by atoms with Gasteiger partial charge in [-0.15, -0.1) is 11.6 Å². The largest absolute Gasteiger partial charge is 0.432 e. The van der Waals surface area contributed by atoms with Crippen LogP contribution in [0.4, 0.5) is 19.2 Å². The van der Waals surface area contributed by atoms with Crippen molar-refractivity contribution < 1.29 is 17.6 Å². The third-order valence-electron chi connectivity index (χ3n) is 1.70. The zero-order chi connectivity index (χ0) is 11.5. The second kappa shape index (κ2) is 4.74. The molecule has 0 aliphatic carbocycles. The molecule has 0 aromatic carbocycles. The van der Waals surface area contributed by atoms with Gasteiger partial charge in [0.2, 0.25) is 0 Å². The van der Waals surface area contributed by atoms with Crippen LogP contribution in [0.3, 0.4) is 0 Å². The van der Waals surface area contributed by atoms with E-state index < -0.39 is 12.7 Å². The molecule has 1 heterocycles. The van der Waals surface area contributed by atoms with Crippen molar-refractivity contribution in [3.05, 3.63) is 12.0 Å². The minimum Gasteiger partial charge on any atom is -0.432 e. The SMILES string of the molecule is CCN(CC(F)(F)F)c1nc(CCl)co1. The van der Waals surface area contributed by atoms with E-state index in [4.69, 9.17) is 16.0 Å². The summed E-state index contributed by atoms with van der Waals surface area (Å²) in [5.74, 6) is 0.118. The summed E-state index contributed by atoms with van der Waals surface area (Å²) >= 11 is 5.46. The summed E-state index contributed by atoms with van der Waals surface area (Å²) in [5, 5.41) is 0. The number of anilines is 1. The van der Waals surface area contributed by atoms with Crippen molar-refractivity contribution in [2.45, 2.75) is 19.0 Å². The molecular weight excluding hydrogens is 233 g/mol. The molecule has 0 aliphatic rings. The highest BCUT2D eigenvalue weighted by Gasteiger charge is 2.31. The molecule has 1 aromatic rings. The number of halogens is 4. The summed E-state index contributed by atoms with van der Waals surface area (Å²) in [6.45, 7) is 0.684. The number of hydrogen-bond donors (Lipinski definition) is 0. The van der Waals surface area contributed by atoms with Gasteiger partial charge in [0.15, 0.2) is 0 Å². The fourth-order valence-corrected chi connectivity index (χ4v) is 1.16. The van der Waals surface area contributed by atoms with E-state index in [1.165, 1.54) is 6.26 Å². The normalized spacial score (nSPS) is 11.8. The van der Waals surface area contributed by atoms with Crippen LogP contribution in [0.1, 0.15) is 12.6 Å². The fourth-order valence-electron chi connectivity index (χ4n) is 1.03. The smallest absolute Gasteiger partial charge is 0.406 e. The van der Waals surface area contributed by atoms with Crippen LogP contribution in [-0.2, 0) is 5.88 Å². The van der Waals surface area contributed by atoms with Crippen molar-refractivity contribution >= 4 is 17.6 Å². The number of oxazole rings is 1. The third kappa shape index (κ3) is 3.62. The van der Waals surface area contributed by atoms with Crippen LogP contribution in [0.15, 0.2) is 10.7 Å². The molecule has 3 nitrogen and oxygen atoms in total. The lowest BCUT2D eigenvalue weighted by molar-refractivity contribution is -0.120. The molecule has 0 atom stereocenters. The molecule has 7 heteroatoms. The summed E-state index contributed by atoms with van der Waals surface area (Å²) < 4.78 is 41.3. The summed E-state index contributed by atoms with van der Waals surface area (Å²) in [6, 6.07) is -0.0505. The first-order chi connectivity index (χ1) is 6.96. The van der Waals surface area contributed by atoms with Gasteiger partial charge in [-0.2, -0.15) is 18.2 Å². The van der Waals surface area contributed by atoms with Gasteiger partial charge in [-0.25, -0.2) is 0 Å². The first kappa shape index (κ1) is 12.2. The molecule has 0 unspecified atom stereocenters. The van der Waals surface area contributed by atoms with E-state index >= 15 is 0 Å². The molecule has 0 radical (unpaired) electrons. The zero-order valence-corrected chi connectivity index (χ0v) is 8.77. The highest BCUT2D eigenvalue weighted by Crippen LogP contribution is 2.21. The Labute approximate surface area is 89.8 Å². The molecule has 1 aromatic heterocycles. The molecule has 15 heavy (non-hydrogen) atoms. The van der Waals surface area contributed by atoms with Crippen molar-refractivity contribution in [3.8, 4) is 0 Å². The van der Waals surface area contributed by atoms with E-state index in [0.29, 0.717) is 5.69 Å². The molecule has 0 saturated carbocycles. The van der Waals surface area contributed by atoms with Gasteiger partial charge in [-0.05, 0) is 6.92 Å². The lowest BCUT2D eigenvalue weighted by atomic mass is 10.5. The highest BCUT2D eigenvalue weighted by atomic mass is 35.5. The van der Waals surface area contributed by atoms with Gasteiger partial charge in [0.1, 0.15) is 12.8 Å². The standard InChI is InChI=1S/C8H10ClF3N2O/c1-2-14(5-8(10,11)12)7-13-6(3-9)4-15-7/h4H,2-3,5H2,1H3. The average Bonchev–Trinajstić information content (AvgIpc) is 2.60. The summed E-state index contributed by atoms with van der Waals surface area (Å²) in [5.41, 5.74) is 0.423. The van der Waals surface area contributed by atoms with Crippen molar-refractivity contribution in [3.63, 3.8) is 0 Å². The van der Waals surface area contributed by atoms with Crippen molar-refractivity contribution in [2.24, 2.45) is 0 Å². The van der Waals surface area contributed by atoms with Crippen LogP contribution in [0.2, 0.25) is 0 Å². The fraction of sp³-hybridized carbons (Fsp3) is 0.625. The second-order valence-corrected chi connectivity index (χ2v) is 3.15. The monoisotopic (exact) mass is 242 g/mol. The van der Waals surface area contributed by atoms with Gasteiger partial charge >= 0.3 is 6.18 Å². The van der Waals surface area contributed by atoms with Crippen LogP contribution in [0.25, 0.3) is 0 Å². The Morgan fingerprint density at radius 1 is 1.53 bits per heavy atom. The first-order valence-corrected chi connectivity index (χ1v) is 4.81. The Balaban J connectivity index is 2.74. The molecule has 0 N–H and O–H groups in total. The number of alkyl halides is 4. The Morgan fingerprint density at radius 2 is 2.20 bits per heavy atom. The quantitative estimate of drug-likeness (QED) is 0.761. The Hall–Kier alpha value is -0.910. The third-order valence-corrected chi connectivity index (χ3v) is 1.97. The molecule has 1 rings (SSSR count). The summed E-state index contributed by atoms with van der Waals surface area (Å²) in [7, 11) is 0.